The van der Waals surface area contributed by atoms with Gasteiger partial charge in [-0.3, -0.25) is 9.52 Å². The average Bonchev–Trinajstić information content (AvgIpc) is 2.80. The van der Waals surface area contributed by atoms with Gasteiger partial charge in [-0.1, -0.05) is 18.6 Å². The second kappa shape index (κ2) is 13.2. The van der Waals surface area contributed by atoms with Crippen LogP contribution in [0.1, 0.15) is 42.9 Å². The average molecular weight is 511 g/mol. The molecule has 0 radical (unpaired) electrons. The van der Waals surface area contributed by atoms with Crippen molar-refractivity contribution in [3.63, 3.8) is 0 Å². The number of hydrogen-bond acceptors (Lipinski definition) is 8. The summed E-state index contributed by atoms with van der Waals surface area (Å²) in [6, 6.07) is 9.78. The lowest BCUT2D eigenvalue weighted by Gasteiger charge is -2.22. The maximum atomic E-state index is 11.5. The molecule has 0 amide bonds. The number of carboxylic acids is 1. The van der Waals surface area contributed by atoms with E-state index in [9.17, 15) is 23.4 Å². The van der Waals surface area contributed by atoms with Gasteiger partial charge in [-0.2, -0.15) is 0 Å². The molecule has 0 spiro atoms. The lowest BCUT2D eigenvalue weighted by atomic mass is 9.99. The van der Waals surface area contributed by atoms with E-state index < -0.39 is 22.1 Å². The number of phenols is 1. The van der Waals surface area contributed by atoms with E-state index in [1.165, 1.54) is 18.2 Å². The fraction of sp³-hybridized carbons (Fsp3) is 0.458. The molecule has 10 nitrogen and oxygen atoms in total. The van der Waals surface area contributed by atoms with E-state index in [1.54, 1.807) is 14.2 Å². The van der Waals surface area contributed by atoms with Crippen LogP contribution in [0.2, 0.25) is 0 Å². The van der Waals surface area contributed by atoms with Gasteiger partial charge in [-0.25, -0.2) is 8.42 Å². The molecule has 0 saturated heterocycles. The van der Waals surface area contributed by atoms with Gasteiger partial charge in [-0.05, 0) is 54.7 Å². The molecule has 0 bridgehead atoms. The van der Waals surface area contributed by atoms with Gasteiger partial charge < -0.3 is 30.1 Å². The minimum atomic E-state index is -3.60. The monoisotopic (exact) mass is 510 g/mol. The molecule has 0 aromatic heterocycles. The fourth-order valence-electron chi connectivity index (χ4n) is 3.67. The Labute approximate surface area is 205 Å². The molecular weight excluding hydrogens is 476 g/mol. The zero-order valence-electron chi connectivity index (χ0n) is 20.2. The molecule has 0 fully saturated rings. The first-order valence-corrected chi connectivity index (χ1v) is 13.1. The minimum absolute atomic E-state index is 0.0143. The smallest absolute Gasteiger partial charge is 0.303 e. The zero-order valence-corrected chi connectivity index (χ0v) is 21.0. The largest absolute Gasteiger partial charge is 0.506 e. The van der Waals surface area contributed by atoms with Crippen molar-refractivity contribution in [3.05, 3.63) is 47.5 Å². The zero-order chi connectivity index (χ0) is 26.0. The number of rotatable bonds is 15. The van der Waals surface area contributed by atoms with Crippen molar-refractivity contribution in [2.45, 2.75) is 44.2 Å². The topological polar surface area (TPSA) is 154 Å². The Morgan fingerprint density at radius 3 is 2.40 bits per heavy atom. The van der Waals surface area contributed by atoms with Crippen LogP contribution in [0.4, 0.5) is 5.69 Å². The van der Waals surface area contributed by atoms with Crippen molar-refractivity contribution >= 4 is 21.7 Å². The van der Waals surface area contributed by atoms with Crippen LogP contribution in [-0.2, 0) is 21.2 Å². The summed E-state index contributed by atoms with van der Waals surface area (Å²) in [5.74, 6) is 0.132. The molecule has 2 atom stereocenters. The van der Waals surface area contributed by atoms with E-state index in [1.807, 2.05) is 18.2 Å². The number of ether oxygens (including phenoxy) is 2. The van der Waals surface area contributed by atoms with Crippen molar-refractivity contribution < 1.29 is 38.0 Å². The quantitative estimate of drug-likeness (QED) is 0.180. The predicted molar refractivity (Wildman–Crippen MR) is 133 cm³/mol. The number of methoxy groups -OCH3 is 2. The maximum absolute atomic E-state index is 11.5. The number of aromatic hydroxyl groups is 1. The number of aliphatic hydroxyl groups is 1. The molecule has 5 N–H and O–H groups in total. The van der Waals surface area contributed by atoms with Crippen LogP contribution in [0.5, 0.6) is 17.2 Å². The first kappa shape index (κ1) is 28.2. The van der Waals surface area contributed by atoms with E-state index in [4.69, 9.17) is 14.6 Å². The first-order valence-electron chi connectivity index (χ1n) is 11.2. The Morgan fingerprint density at radius 2 is 1.77 bits per heavy atom. The molecule has 11 heteroatoms. The van der Waals surface area contributed by atoms with Crippen molar-refractivity contribution in [2.24, 2.45) is 0 Å². The molecule has 0 aliphatic heterocycles. The summed E-state index contributed by atoms with van der Waals surface area (Å²) in [4.78, 5) is 10.8. The number of aliphatic hydroxyl groups excluding tert-OH is 1. The van der Waals surface area contributed by atoms with E-state index in [-0.39, 0.29) is 30.4 Å². The minimum Gasteiger partial charge on any atom is -0.506 e. The summed E-state index contributed by atoms with van der Waals surface area (Å²) in [7, 11) is -0.479. The van der Waals surface area contributed by atoms with E-state index in [2.05, 4.69) is 10.0 Å². The highest BCUT2D eigenvalue weighted by atomic mass is 32.2. The van der Waals surface area contributed by atoms with Gasteiger partial charge in [0.05, 0.1) is 32.3 Å². The van der Waals surface area contributed by atoms with Crippen LogP contribution >= 0.6 is 0 Å². The van der Waals surface area contributed by atoms with Crippen molar-refractivity contribution in [1.82, 2.24) is 5.32 Å². The third-order valence-corrected chi connectivity index (χ3v) is 6.01. The molecule has 0 aliphatic rings. The Morgan fingerprint density at radius 1 is 1.06 bits per heavy atom. The number of anilines is 1. The molecule has 2 rings (SSSR count). The summed E-state index contributed by atoms with van der Waals surface area (Å²) in [5.41, 5.74) is 1.40. The third kappa shape index (κ3) is 9.63. The van der Waals surface area contributed by atoms with Gasteiger partial charge in [0.15, 0.2) is 11.5 Å². The molecule has 194 valence electrons. The summed E-state index contributed by atoms with van der Waals surface area (Å²) in [6.07, 6.45) is 2.62. The maximum Gasteiger partial charge on any atom is 0.303 e. The lowest BCUT2D eigenvalue weighted by Crippen LogP contribution is -2.34. The molecule has 0 aliphatic carbocycles. The van der Waals surface area contributed by atoms with Crippen LogP contribution in [0.3, 0.4) is 0 Å². The van der Waals surface area contributed by atoms with Crippen LogP contribution in [0.15, 0.2) is 36.4 Å². The predicted octanol–water partition coefficient (Wildman–Crippen LogP) is 2.66. The van der Waals surface area contributed by atoms with E-state index in [0.717, 1.165) is 11.8 Å². The van der Waals surface area contributed by atoms with Crippen LogP contribution in [0, 0.1) is 0 Å². The highest BCUT2D eigenvalue weighted by Gasteiger charge is 2.17. The second-order valence-corrected chi connectivity index (χ2v) is 10.1. The van der Waals surface area contributed by atoms with Crippen LogP contribution in [-0.4, -0.2) is 62.8 Å². The van der Waals surface area contributed by atoms with Gasteiger partial charge >= 0.3 is 5.97 Å². The Kier molecular flexibility index (Phi) is 10.6. The van der Waals surface area contributed by atoms with Crippen molar-refractivity contribution in [2.75, 3.05) is 31.7 Å². The molecular formula is C24H34N2O8S. The van der Waals surface area contributed by atoms with Crippen LogP contribution < -0.4 is 19.5 Å². The summed E-state index contributed by atoms with van der Waals surface area (Å²) < 4.78 is 35.9. The number of carboxylic acid groups (broad SMARTS) is 1. The number of hydrogen-bond donors (Lipinski definition) is 5. The highest BCUT2D eigenvalue weighted by Crippen LogP contribution is 2.29. The van der Waals surface area contributed by atoms with Gasteiger partial charge in [0.1, 0.15) is 5.75 Å². The van der Waals surface area contributed by atoms with Gasteiger partial charge in [-0.15, -0.1) is 0 Å². The standard InChI is InChI=1S/C24H34N2O8S/c1-33-22-11-8-16(13-23(22)34-2)12-18(6-4-5-7-24(29)30)25-15-21(28)17-9-10-20(27)19(14-17)26-35(3,31)32/h8-11,13-14,18,21,25-28H,4-7,12,15H2,1-3H3,(H,29,30). The van der Waals surface area contributed by atoms with Crippen LogP contribution in [0.25, 0.3) is 0 Å². The number of nitrogens with one attached hydrogen (secondary N) is 2. The molecule has 2 aromatic carbocycles. The van der Waals surface area contributed by atoms with Crippen molar-refractivity contribution in [1.29, 1.82) is 0 Å². The number of sulfonamides is 1. The highest BCUT2D eigenvalue weighted by molar-refractivity contribution is 7.92. The molecule has 35 heavy (non-hydrogen) atoms. The summed E-state index contributed by atoms with van der Waals surface area (Å²) in [5, 5.41) is 32.9. The molecule has 2 unspecified atom stereocenters. The SMILES string of the molecule is COc1ccc(CC(CCCCC(=O)O)NCC(O)c2ccc(O)c(NS(C)(=O)=O)c2)cc1OC. The molecule has 2 aromatic rings. The molecule has 0 saturated carbocycles. The fourth-order valence-corrected chi connectivity index (χ4v) is 4.24. The number of carbonyl (C=O) groups is 1. The lowest BCUT2D eigenvalue weighted by molar-refractivity contribution is -0.137. The normalized spacial score (nSPS) is 13.1. The van der Waals surface area contributed by atoms with Gasteiger partial charge in [0.25, 0.3) is 0 Å². The summed E-state index contributed by atoms with van der Waals surface area (Å²) >= 11 is 0. The van der Waals surface area contributed by atoms with Gasteiger partial charge in [0.2, 0.25) is 10.0 Å². The second-order valence-electron chi connectivity index (χ2n) is 8.30. The third-order valence-electron chi connectivity index (χ3n) is 5.42. The Balaban J connectivity index is 2.11. The first-order chi connectivity index (χ1) is 16.5. The molecule has 0 heterocycles. The van der Waals surface area contributed by atoms with Gasteiger partial charge in [0, 0.05) is 19.0 Å². The summed E-state index contributed by atoms with van der Waals surface area (Å²) in [6.45, 7) is 0.167. The number of phenolic OH excluding ortho intramolecular Hbond substituents is 1. The van der Waals surface area contributed by atoms with E-state index in [0.29, 0.717) is 42.7 Å². The Bertz CT molecular complexity index is 1090. The Hall–Kier alpha value is -3.02. The number of unbranched alkanes of at least 4 members (excludes halogenated alkanes) is 1. The number of aliphatic carboxylic acids is 1. The van der Waals surface area contributed by atoms with E-state index >= 15 is 0 Å². The van der Waals surface area contributed by atoms with Crippen molar-refractivity contribution in [3.8, 4) is 17.2 Å². The number of benzene rings is 2.